The number of hydrogen-bond donors (Lipinski definition) is 2. The van der Waals surface area contributed by atoms with E-state index >= 15 is 35.1 Å². The molecule has 0 amide bonds. The summed E-state index contributed by atoms with van der Waals surface area (Å²) in [6.45, 7) is 11.8. The first-order chi connectivity index (χ1) is 24.7. The van der Waals surface area contributed by atoms with Crippen molar-refractivity contribution in [3.05, 3.63) is 116 Å². The maximum Gasteiger partial charge on any atom is 0.200 e. The lowest BCUT2D eigenvalue weighted by Gasteiger charge is -2.44. The third-order valence-electron chi connectivity index (χ3n) is 6.71. The summed E-state index contributed by atoms with van der Waals surface area (Å²) in [5.41, 5.74) is -3.62. The van der Waals surface area contributed by atoms with E-state index in [1.807, 2.05) is 41.5 Å². The highest BCUT2D eigenvalue weighted by Crippen LogP contribution is 2.30. The Morgan fingerprint density at radius 1 is 0.236 bits per heavy atom. The van der Waals surface area contributed by atoms with E-state index < -0.39 is 144 Å². The maximum absolute atomic E-state index is 15.4. The molecule has 0 spiro atoms. The molecule has 0 aliphatic heterocycles. The Morgan fingerprint density at radius 3 is 0.400 bits per heavy atom. The van der Waals surface area contributed by atoms with Crippen LogP contribution >= 0.6 is 0 Å². The first kappa shape index (κ1) is 46.6. The molecule has 4 aromatic carbocycles. The molecule has 4 rings (SSSR count). The summed E-state index contributed by atoms with van der Waals surface area (Å²) in [5, 5.41) is 0. The van der Waals surface area contributed by atoms with Gasteiger partial charge in [-0.1, -0.05) is 0 Å². The lowest BCUT2D eigenvalue weighted by Crippen LogP contribution is -2.81. The van der Waals surface area contributed by atoms with E-state index in [4.69, 9.17) is 11.5 Å². The molecule has 0 aliphatic rings. The van der Waals surface area contributed by atoms with Crippen LogP contribution in [0.4, 0.5) is 87.8 Å². The second-order valence-electron chi connectivity index (χ2n) is 13.5. The Bertz CT molecular complexity index is 1750. The van der Waals surface area contributed by atoms with E-state index in [2.05, 4.69) is 0 Å². The number of nitrogens with two attached hydrogens (primary N) is 2. The van der Waals surface area contributed by atoms with Crippen LogP contribution in [0.5, 0.6) is 0 Å². The van der Waals surface area contributed by atoms with Crippen molar-refractivity contribution < 1.29 is 87.8 Å². The van der Waals surface area contributed by atoms with Crippen LogP contribution in [0.15, 0.2) is 0 Å². The zero-order chi connectivity index (χ0) is 43.4. The van der Waals surface area contributed by atoms with E-state index in [9.17, 15) is 52.7 Å². The fourth-order valence-corrected chi connectivity index (χ4v) is 4.87. The van der Waals surface area contributed by atoms with E-state index in [-0.39, 0.29) is 11.1 Å². The average Bonchev–Trinajstić information content (AvgIpc) is 3.06. The molecule has 0 unspecified atom stereocenters. The van der Waals surface area contributed by atoms with Crippen molar-refractivity contribution in [2.24, 2.45) is 11.5 Å². The molecule has 55 heavy (non-hydrogen) atoms. The van der Waals surface area contributed by atoms with Crippen LogP contribution in [0.2, 0.25) is 0 Å². The lowest BCUT2D eigenvalue weighted by molar-refractivity contribution is 0.378. The molecule has 0 heterocycles. The van der Waals surface area contributed by atoms with Crippen LogP contribution in [0, 0.1) is 116 Å². The van der Waals surface area contributed by atoms with Gasteiger partial charge in [-0.05, 0) is 41.5 Å². The van der Waals surface area contributed by atoms with Gasteiger partial charge in [-0.3, -0.25) is 0 Å². The predicted octanol–water partition coefficient (Wildman–Crippen LogP) is 7.33. The Balaban J connectivity index is 0.000000926. The normalized spacial score (nSPS) is 12.0. The van der Waals surface area contributed by atoms with Crippen molar-refractivity contribution in [1.82, 2.24) is 0 Å². The Hall–Kier alpha value is -4.54. The second-order valence-corrected chi connectivity index (χ2v) is 13.5. The topological polar surface area (TPSA) is 52.0 Å². The molecule has 0 aliphatic carbocycles. The minimum atomic E-state index is -7.22. The van der Waals surface area contributed by atoms with Crippen LogP contribution in [0.25, 0.3) is 0 Å². The maximum atomic E-state index is 15.4. The summed E-state index contributed by atoms with van der Waals surface area (Å²) in [6, 6.07) is 0. The van der Waals surface area contributed by atoms with Gasteiger partial charge in [0.2, 0.25) is 0 Å². The fourth-order valence-electron chi connectivity index (χ4n) is 4.87. The van der Waals surface area contributed by atoms with Crippen molar-refractivity contribution >= 4 is 28.0 Å². The molecule has 304 valence electrons. The van der Waals surface area contributed by atoms with E-state index in [0.29, 0.717) is 0 Å². The van der Waals surface area contributed by atoms with E-state index in [1.54, 1.807) is 0 Å². The van der Waals surface area contributed by atoms with Gasteiger partial charge >= 0.3 is 0 Å². The molecule has 0 saturated heterocycles. The van der Waals surface area contributed by atoms with Gasteiger partial charge in [0.25, 0.3) is 0 Å². The van der Waals surface area contributed by atoms with Gasteiger partial charge in [-0.25, -0.2) is 87.8 Å². The zero-order valence-corrected chi connectivity index (χ0v) is 28.3. The number of hydrogen-bond acceptors (Lipinski definition) is 2. The summed E-state index contributed by atoms with van der Waals surface area (Å²) >= 11 is 0. The van der Waals surface area contributed by atoms with Gasteiger partial charge in [-0.2, -0.15) is 0 Å². The quantitative estimate of drug-likeness (QED) is 0.0981. The molecule has 4 N–H and O–H groups in total. The second kappa shape index (κ2) is 15.9. The molecule has 0 saturated carbocycles. The van der Waals surface area contributed by atoms with Crippen LogP contribution < -0.4 is 33.3 Å². The number of benzene rings is 4. The Morgan fingerprint density at radius 2 is 0.309 bits per heavy atom. The van der Waals surface area contributed by atoms with E-state index in [0.717, 1.165) is 0 Å². The summed E-state index contributed by atoms with van der Waals surface area (Å²) in [4.78, 5) is 0. The van der Waals surface area contributed by atoms with Crippen LogP contribution in [0.3, 0.4) is 0 Å². The highest BCUT2D eigenvalue weighted by molar-refractivity contribution is 7.20. The van der Waals surface area contributed by atoms with Crippen molar-refractivity contribution in [2.75, 3.05) is 0 Å². The third kappa shape index (κ3) is 8.36. The summed E-state index contributed by atoms with van der Waals surface area (Å²) in [6.07, 6.45) is -7.22. The lowest BCUT2D eigenvalue weighted by atomic mass is 9.12. The molecular weight excluding hydrogens is 803 g/mol. The predicted molar refractivity (Wildman–Crippen MR) is 157 cm³/mol. The minimum absolute atomic E-state index is 0. The monoisotopic (exact) mass is 825 g/mol. The highest BCUT2D eigenvalue weighted by atomic mass is 19.2. The van der Waals surface area contributed by atoms with Gasteiger partial charge in [0.15, 0.2) is 69.8 Å². The van der Waals surface area contributed by atoms with Gasteiger partial charge in [0, 0.05) is 11.1 Å². The molecule has 23 heteroatoms. The van der Waals surface area contributed by atoms with Gasteiger partial charge in [0.05, 0.1) is 0 Å². The van der Waals surface area contributed by atoms with Crippen LogP contribution in [-0.2, 0) is 0 Å². The molecule has 0 bridgehead atoms. The van der Waals surface area contributed by atoms with Crippen molar-refractivity contribution in [3.8, 4) is 0 Å². The third-order valence-corrected chi connectivity index (χ3v) is 6.71. The summed E-state index contributed by atoms with van der Waals surface area (Å²) in [5.74, 6) is -71.4. The van der Waals surface area contributed by atoms with Crippen molar-refractivity contribution in [1.29, 1.82) is 0 Å². The zero-order valence-electron chi connectivity index (χ0n) is 28.3. The van der Waals surface area contributed by atoms with Gasteiger partial charge in [-0.15, -0.1) is 21.9 Å². The summed E-state index contributed by atoms with van der Waals surface area (Å²) < 4.78 is 294. The molecule has 0 fully saturated rings. The Labute approximate surface area is 296 Å². The molecule has 0 aromatic heterocycles. The molecule has 0 radical (unpaired) electrons. The van der Waals surface area contributed by atoms with Crippen molar-refractivity contribution in [2.45, 2.75) is 52.6 Å². The molecule has 2 nitrogen and oxygen atoms in total. The van der Waals surface area contributed by atoms with Crippen LogP contribution in [0.1, 0.15) is 41.5 Å². The highest BCUT2D eigenvalue weighted by Gasteiger charge is 2.52. The first-order valence-electron chi connectivity index (χ1n) is 14.5. The minimum Gasteiger partial charge on any atom is -0.326 e. The number of halogens is 20. The smallest absolute Gasteiger partial charge is 0.200 e. The summed E-state index contributed by atoms with van der Waals surface area (Å²) in [7, 11) is 0. The average molecular weight is 825 g/mol. The van der Waals surface area contributed by atoms with Crippen molar-refractivity contribution in [3.63, 3.8) is 0 Å². The fraction of sp³-hybridized carbons (Fsp3) is 0.250. The van der Waals surface area contributed by atoms with Gasteiger partial charge < -0.3 is 11.5 Å². The van der Waals surface area contributed by atoms with Crippen LogP contribution in [-0.4, -0.2) is 17.2 Å². The van der Waals surface area contributed by atoms with E-state index in [1.165, 1.54) is 0 Å². The molecule has 0 atom stereocenters. The largest absolute Gasteiger partial charge is 0.326 e. The Kier molecular flexibility index (Phi) is 13.5. The molecule has 4 aromatic rings. The first-order valence-corrected chi connectivity index (χ1v) is 14.5. The molecular formula is C32H22BF20N2-. The van der Waals surface area contributed by atoms with Gasteiger partial charge in [0.1, 0.15) is 52.7 Å². The number of rotatable bonds is 4. The standard InChI is InChI=1S/C24BF20.2C4H11N/c26-5-1(6(27)14(35)21(42)13(5)34)25(2-7(28)15(36)22(43)16(37)8(2)29,3-9(30)17(38)23(44)18(39)10(3)31)4-11(32)19(40)24(45)20(41)12(4)33;2*1-4(2,3)5/h;2*5H2,1-3H3/q-1;;. The SMILES string of the molecule is CC(C)(C)N.CC(C)(C)N.Fc1c(F)c(F)c([B-](c2c(F)c(F)c(F)c(F)c2F)(c2c(F)c(F)c(F)c(F)c2F)c2c(F)c(F)c(F)c(F)c2F)c(F)c1F.